The molecule has 0 bridgehead atoms. The van der Waals surface area contributed by atoms with Crippen LogP contribution in [0.25, 0.3) is 0 Å². The molecule has 0 spiro atoms. The van der Waals surface area contributed by atoms with Crippen molar-refractivity contribution < 1.29 is 19.4 Å². The molecule has 1 aliphatic carbocycles. The summed E-state index contributed by atoms with van der Waals surface area (Å²) in [4.78, 5) is 11.2. The van der Waals surface area contributed by atoms with Crippen LogP contribution in [0, 0.1) is 0 Å². The number of phenolic OH excluding ortho intramolecular Hbond substituents is 1. The van der Waals surface area contributed by atoms with Gasteiger partial charge in [0.2, 0.25) is 0 Å². The number of hydrogen-bond acceptors (Lipinski definition) is 5. The van der Waals surface area contributed by atoms with Crippen molar-refractivity contribution in [3.05, 3.63) is 29.3 Å². The monoisotopic (exact) mass is 279 g/mol. The molecular weight excluding hydrogens is 258 g/mol. The number of aromatic hydroxyl groups is 1. The lowest BCUT2D eigenvalue weighted by Gasteiger charge is -2.18. The van der Waals surface area contributed by atoms with Crippen LogP contribution < -0.4 is 5.73 Å². The standard InChI is InChI=1S/C15H21NO4/c1-2-19-13(18)7-4-8-20-15-11(16)9-10-5-3-6-12(17)14(10)15/h3,5-6,11,15,17H,2,4,7-9,16H2,1H3. The zero-order valence-corrected chi connectivity index (χ0v) is 11.7. The first-order valence-electron chi connectivity index (χ1n) is 6.97. The highest BCUT2D eigenvalue weighted by Gasteiger charge is 2.32. The normalized spacial score (nSPS) is 20.7. The topological polar surface area (TPSA) is 81.8 Å². The molecular formula is C15H21NO4. The number of rotatable bonds is 6. The lowest BCUT2D eigenvalue weighted by Crippen LogP contribution is -2.27. The molecule has 0 aromatic heterocycles. The smallest absolute Gasteiger partial charge is 0.305 e. The molecule has 1 aliphatic rings. The molecule has 20 heavy (non-hydrogen) atoms. The van der Waals surface area contributed by atoms with E-state index in [0.717, 1.165) is 11.1 Å². The fourth-order valence-electron chi connectivity index (χ4n) is 2.55. The second-order valence-corrected chi connectivity index (χ2v) is 4.92. The first-order chi connectivity index (χ1) is 9.63. The minimum atomic E-state index is -0.298. The van der Waals surface area contributed by atoms with E-state index < -0.39 is 0 Å². The second-order valence-electron chi connectivity index (χ2n) is 4.92. The average Bonchev–Trinajstić information content (AvgIpc) is 2.72. The maximum atomic E-state index is 11.2. The Bertz CT molecular complexity index is 475. The number of phenols is 1. The van der Waals surface area contributed by atoms with Crippen LogP contribution >= 0.6 is 0 Å². The Labute approximate surface area is 118 Å². The van der Waals surface area contributed by atoms with E-state index in [1.54, 1.807) is 13.0 Å². The van der Waals surface area contributed by atoms with Crippen LogP contribution in [0.3, 0.4) is 0 Å². The molecule has 0 fully saturated rings. The third-order valence-electron chi connectivity index (χ3n) is 3.43. The number of carbonyl (C=O) groups is 1. The predicted octanol–water partition coefficient (Wildman–Crippen LogP) is 1.68. The maximum absolute atomic E-state index is 11.2. The van der Waals surface area contributed by atoms with Crippen molar-refractivity contribution in [2.45, 2.75) is 38.3 Å². The molecule has 1 aromatic rings. The van der Waals surface area contributed by atoms with Gasteiger partial charge in [0.15, 0.2) is 0 Å². The molecule has 110 valence electrons. The van der Waals surface area contributed by atoms with Crippen LogP contribution in [0.2, 0.25) is 0 Å². The van der Waals surface area contributed by atoms with E-state index in [9.17, 15) is 9.90 Å². The van der Waals surface area contributed by atoms with E-state index in [-0.39, 0.29) is 23.9 Å². The third kappa shape index (κ3) is 3.29. The molecule has 0 heterocycles. The number of fused-ring (bicyclic) bond motifs is 1. The molecule has 5 nitrogen and oxygen atoms in total. The van der Waals surface area contributed by atoms with Crippen molar-refractivity contribution in [1.29, 1.82) is 0 Å². The fourth-order valence-corrected chi connectivity index (χ4v) is 2.55. The number of ether oxygens (including phenoxy) is 2. The van der Waals surface area contributed by atoms with Gasteiger partial charge >= 0.3 is 5.97 Å². The zero-order chi connectivity index (χ0) is 14.5. The number of carbonyl (C=O) groups excluding carboxylic acids is 1. The molecule has 5 heteroatoms. The van der Waals surface area contributed by atoms with E-state index in [1.807, 2.05) is 12.1 Å². The second kappa shape index (κ2) is 6.72. The van der Waals surface area contributed by atoms with Crippen molar-refractivity contribution in [3.8, 4) is 5.75 Å². The molecule has 0 amide bonds. The fraction of sp³-hybridized carbons (Fsp3) is 0.533. The van der Waals surface area contributed by atoms with Crippen LogP contribution in [-0.4, -0.2) is 30.3 Å². The van der Waals surface area contributed by atoms with E-state index in [2.05, 4.69) is 0 Å². The molecule has 1 aromatic carbocycles. The number of nitrogens with two attached hydrogens (primary N) is 1. The van der Waals surface area contributed by atoms with Gasteiger partial charge in [-0.3, -0.25) is 4.79 Å². The van der Waals surface area contributed by atoms with Crippen molar-refractivity contribution in [1.82, 2.24) is 0 Å². The van der Waals surface area contributed by atoms with Crippen LogP contribution in [0.1, 0.15) is 37.0 Å². The van der Waals surface area contributed by atoms with Crippen molar-refractivity contribution >= 4 is 5.97 Å². The van der Waals surface area contributed by atoms with Gasteiger partial charge < -0.3 is 20.3 Å². The number of hydrogen-bond donors (Lipinski definition) is 2. The Hall–Kier alpha value is -1.59. The highest BCUT2D eigenvalue weighted by Crippen LogP contribution is 2.38. The first kappa shape index (κ1) is 14.8. The lowest BCUT2D eigenvalue weighted by molar-refractivity contribution is -0.143. The van der Waals surface area contributed by atoms with Crippen molar-refractivity contribution in [2.24, 2.45) is 5.73 Å². The summed E-state index contributed by atoms with van der Waals surface area (Å²) in [5.41, 5.74) is 7.88. The van der Waals surface area contributed by atoms with Gasteiger partial charge in [0.1, 0.15) is 11.9 Å². The van der Waals surface area contributed by atoms with Gasteiger partial charge in [-0.15, -0.1) is 0 Å². The third-order valence-corrected chi connectivity index (χ3v) is 3.43. The minimum absolute atomic E-state index is 0.152. The van der Waals surface area contributed by atoms with Gasteiger partial charge in [-0.25, -0.2) is 0 Å². The highest BCUT2D eigenvalue weighted by molar-refractivity contribution is 5.69. The van der Waals surface area contributed by atoms with Gasteiger partial charge in [-0.05, 0) is 31.4 Å². The van der Waals surface area contributed by atoms with E-state index in [4.69, 9.17) is 15.2 Å². The Kier molecular flexibility index (Phi) is 4.98. The van der Waals surface area contributed by atoms with Crippen molar-refractivity contribution in [2.75, 3.05) is 13.2 Å². The molecule has 0 saturated carbocycles. The Morgan fingerprint density at radius 3 is 3.05 bits per heavy atom. The summed E-state index contributed by atoms with van der Waals surface area (Å²) >= 11 is 0. The summed E-state index contributed by atoms with van der Waals surface area (Å²) in [6.45, 7) is 2.60. The Balaban J connectivity index is 1.87. The highest BCUT2D eigenvalue weighted by atomic mass is 16.5. The van der Waals surface area contributed by atoms with E-state index >= 15 is 0 Å². The summed E-state index contributed by atoms with van der Waals surface area (Å²) in [6, 6.07) is 5.26. The summed E-state index contributed by atoms with van der Waals surface area (Å²) in [7, 11) is 0. The molecule has 0 aliphatic heterocycles. The first-order valence-corrected chi connectivity index (χ1v) is 6.97. The average molecular weight is 279 g/mol. The zero-order valence-electron chi connectivity index (χ0n) is 11.7. The SMILES string of the molecule is CCOC(=O)CCCOC1c2c(O)cccc2CC1N. The van der Waals surface area contributed by atoms with Gasteiger partial charge in [0, 0.05) is 24.6 Å². The Morgan fingerprint density at radius 1 is 1.50 bits per heavy atom. The van der Waals surface area contributed by atoms with E-state index in [0.29, 0.717) is 32.5 Å². The summed E-state index contributed by atoms with van der Waals surface area (Å²) in [6.07, 6.45) is 1.33. The number of benzene rings is 1. The summed E-state index contributed by atoms with van der Waals surface area (Å²) in [5.74, 6) is 0.0147. The lowest BCUT2D eigenvalue weighted by atomic mass is 10.1. The molecule has 2 unspecified atom stereocenters. The Morgan fingerprint density at radius 2 is 2.30 bits per heavy atom. The van der Waals surface area contributed by atoms with Gasteiger partial charge in [-0.2, -0.15) is 0 Å². The van der Waals surface area contributed by atoms with Crippen LogP contribution in [-0.2, 0) is 20.7 Å². The molecule has 0 radical (unpaired) electrons. The molecule has 3 N–H and O–H groups in total. The van der Waals surface area contributed by atoms with Crippen LogP contribution in [0.4, 0.5) is 0 Å². The minimum Gasteiger partial charge on any atom is -0.508 e. The number of esters is 1. The quantitative estimate of drug-likeness (QED) is 0.611. The summed E-state index contributed by atoms with van der Waals surface area (Å²) in [5, 5.41) is 9.92. The predicted molar refractivity (Wildman–Crippen MR) is 74.3 cm³/mol. The van der Waals surface area contributed by atoms with E-state index in [1.165, 1.54) is 0 Å². The van der Waals surface area contributed by atoms with Crippen molar-refractivity contribution in [3.63, 3.8) is 0 Å². The molecule has 2 atom stereocenters. The maximum Gasteiger partial charge on any atom is 0.305 e. The largest absolute Gasteiger partial charge is 0.508 e. The molecule has 2 rings (SSSR count). The van der Waals surface area contributed by atoms with Crippen LogP contribution in [0.5, 0.6) is 5.75 Å². The summed E-state index contributed by atoms with van der Waals surface area (Å²) < 4.78 is 10.6. The van der Waals surface area contributed by atoms with Gasteiger partial charge in [-0.1, -0.05) is 12.1 Å². The van der Waals surface area contributed by atoms with Gasteiger partial charge in [0.25, 0.3) is 0 Å². The molecule has 0 saturated heterocycles. The van der Waals surface area contributed by atoms with Gasteiger partial charge in [0.05, 0.1) is 6.61 Å². The van der Waals surface area contributed by atoms with Crippen LogP contribution in [0.15, 0.2) is 18.2 Å².